The molecule has 0 saturated carbocycles. The zero-order valence-corrected chi connectivity index (χ0v) is 13.9. The summed E-state index contributed by atoms with van der Waals surface area (Å²) in [5.74, 6) is 0.891. The van der Waals surface area contributed by atoms with Crippen molar-refractivity contribution < 1.29 is 18.7 Å². The molecule has 1 aromatic carbocycles. The minimum atomic E-state index is -0.274. The van der Waals surface area contributed by atoms with Crippen molar-refractivity contribution >= 4 is 24.0 Å². The first-order valence-corrected chi connectivity index (χ1v) is 6.95. The third-order valence-electron chi connectivity index (χ3n) is 3.05. The Balaban J connectivity index is 0.00000264. The van der Waals surface area contributed by atoms with E-state index in [1.165, 1.54) is 6.26 Å². The molecule has 3 N–H and O–H groups in total. The van der Waals surface area contributed by atoms with Gasteiger partial charge in [-0.25, -0.2) is 0 Å². The molecular weight excluding hydrogens is 320 g/mol. The molecule has 1 aromatic heterocycles. The molecule has 0 unspecified atom stereocenters. The second-order valence-corrected chi connectivity index (χ2v) is 4.80. The van der Waals surface area contributed by atoms with Crippen molar-refractivity contribution in [1.82, 2.24) is 0 Å². The molecule has 0 aliphatic rings. The number of halogens is 1. The molecule has 1 amide bonds. The Bertz CT molecular complexity index is 643. The van der Waals surface area contributed by atoms with Gasteiger partial charge >= 0.3 is 0 Å². The van der Waals surface area contributed by atoms with Gasteiger partial charge in [0.1, 0.15) is 24.4 Å². The summed E-state index contributed by atoms with van der Waals surface area (Å²) in [5, 5.41) is 2.81. The van der Waals surface area contributed by atoms with Crippen LogP contribution in [0.5, 0.6) is 5.75 Å². The van der Waals surface area contributed by atoms with E-state index in [0.717, 1.165) is 5.56 Å². The summed E-state index contributed by atoms with van der Waals surface area (Å²) in [4.78, 5) is 12.2. The molecule has 0 radical (unpaired) electrons. The molecule has 2 aromatic rings. The Hall–Kier alpha value is -2.02. The summed E-state index contributed by atoms with van der Waals surface area (Å²) < 4.78 is 15.8. The van der Waals surface area contributed by atoms with Gasteiger partial charge in [-0.3, -0.25) is 4.79 Å². The van der Waals surface area contributed by atoms with Crippen LogP contribution in [0.25, 0.3) is 0 Å². The van der Waals surface area contributed by atoms with Crippen LogP contribution in [0, 0.1) is 6.92 Å². The Morgan fingerprint density at radius 1 is 1.30 bits per heavy atom. The Kier molecular flexibility index (Phi) is 7.61. The van der Waals surface area contributed by atoms with Gasteiger partial charge in [0, 0.05) is 7.11 Å². The minimum Gasteiger partial charge on any atom is -0.489 e. The number of hydrogen-bond acceptors (Lipinski definition) is 5. The number of ether oxygens (including phenoxy) is 2. The number of nitrogens with two attached hydrogens (primary N) is 1. The quantitative estimate of drug-likeness (QED) is 0.757. The topological polar surface area (TPSA) is 86.7 Å². The van der Waals surface area contributed by atoms with E-state index in [4.69, 9.17) is 19.6 Å². The van der Waals surface area contributed by atoms with Crippen LogP contribution in [0.2, 0.25) is 0 Å². The van der Waals surface area contributed by atoms with Gasteiger partial charge < -0.3 is 24.9 Å². The molecule has 1 heterocycles. The van der Waals surface area contributed by atoms with Gasteiger partial charge in [-0.1, -0.05) is 6.07 Å². The predicted molar refractivity (Wildman–Crippen MR) is 90.4 cm³/mol. The lowest BCUT2D eigenvalue weighted by atomic mass is 10.2. The molecule has 0 aliphatic carbocycles. The highest BCUT2D eigenvalue weighted by molar-refractivity contribution is 6.04. The number of benzene rings is 1. The standard InChI is InChI=1S/C16H20N2O4.ClH/c1-11-3-4-14(15(7-11)21-6-5-20-2)18-16(19)12-8-13(9-17)22-10-12;/h3-4,7-8,10H,5-6,9,17H2,1-2H3,(H,18,19);1H. The maximum atomic E-state index is 12.2. The third-order valence-corrected chi connectivity index (χ3v) is 3.05. The van der Waals surface area contributed by atoms with Gasteiger partial charge in [-0.05, 0) is 30.7 Å². The van der Waals surface area contributed by atoms with Crippen LogP contribution >= 0.6 is 12.4 Å². The van der Waals surface area contributed by atoms with Crippen molar-refractivity contribution in [2.75, 3.05) is 25.6 Å². The van der Waals surface area contributed by atoms with Gasteiger partial charge in [-0.15, -0.1) is 12.4 Å². The summed E-state index contributed by atoms with van der Waals surface area (Å²) >= 11 is 0. The van der Waals surface area contributed by atoms with Crippen LogP contribution < -0.4 is 15.8 Å². The smallest absolute Gasteiger partial charge is 0.259 e. The fourth-order valence-corrected chi connectivity index (χ4v) is 1.89. The maximum absolute atomic E-state index is 12.2. The number of furan rings is 1. The molecule has 0 aliphatic heterocycles. The van der Waals surface area contributed by atoms with E-state index >= 15 is 0 Å². The van der Waals surface area contributed by atoms with Crippen LogP contribution in [0.4, 0.5) is 5.69 Å². The normalized spacial score (nSPS) is 10.0. The fraction of sp³-hybridized carbons (Fsp3) is 0.312. The lowest BCUT2D eigenvalue weighted by molar-refractivity contribution is 0.102. The molecule has 2 rings (SSSR count). The number of carbonyl (C=O) groups excluding carboxylic acids is 1. The van der Waals surface area contributed by atoms with Crippen molar-refractivity contribution in [3.63, 3.8) is 0 Å². The number of methoxy groups -OCH3 is 1. The van der Waals surface area contributed by atoms with Gasteiger partial charge in [0.15, 0.2) is 0 Å². The third kappa shape index (κ3) is 5.28. The molecule has 7 heteroatoms. The first-order chi connectivity index (χ1) is 10.6. The average molecular weight is 341 g/mol. The van der Waals surface area contributed by atoms with E-state index in [9.17, 15) is 4.79 Å². The molecule has 23 heavy (non-hydrogen) atoms. The molecule has 0 bridgehead atoms. The highest BCUT2D eigenvalue weighted by Gasteiger charge is 2.13. The largest absolute Gasteiger partial charge is 0.489 e. The Labute approximate surface area is 141 Å². The highest BCUT2D eigenvalue weighted by Crippen LogP contribution is 2.26. The van der Waals surface area contributed by atoms with E-state index in [-0.39, 0.29) is 24.9 Å². The van der Waals surface area contributed by atoms with E-state index in [0.29, 0.717) is 36.0 Å². The first kappa shape index (κ1) is 19.0. The summed E-state index contributed by atoms with van der Waals surface area (Å²) in [5.41, 5.74) is 7.53. The van der Waals surface area contributed by atoms with E-state index in [1.54, 1.807) is 19.2 Å². The number of carbonyl (C=O) groups is 1. The lowest BCUT2D eigenvalue weighted by Gasteiger charge is -2.12. The van der Waals surface area contributed by atoms with Crippen molar-refractivity contribution in [2.45, 2.75) is 13.5 Å². The van der Waals surface area contributed by atoms with E-state index in [1.807, 2.05) is 19.1 Å². The fourth-order valence-electron chi connectivity index (χ4n) is 1.89. The molecule has 6 nitrogen and oxygen atoms in total. The number of rotatable bonds is 7. The van der Waals surface area contributed by atoms with Crippen molar-refractivity contribution in [3.05, 3.63) is 47.4 Å². The number of aryl methyl sites for hydroxylation is 1. The SMILES string of the molecule is COCCOc1cc(C)ccc1NC(=O)c1coc(CN)c1.Cl. The first-order valence-electron chi connectivity index (χ1n) is 6.95. The molecular formula is C16H21ClN2O4. The molecule has 0 fully saturated rings. The second kappa shape index (κ2) is 9.19. The highest BCUT2D eigenvalue weighted by atomic mass is 35.5. The molecule has 0 atom stereocenters. The van der Waals surface area contributed by atoms with Crippen LogP contribution in [0.3, 0.4) is 0 Å². The van der Waals surface area contributed by atoms with Crippen molar-refractivity contribution in [1.29, 1.82) is 0 Å². The monoisotopic (exact) mass is 340 g/mol. The van der Waals surface area contributed by atoms with Gasteiger partial charge in [0.2, 0.25) is 0 Å². The van der Waals surface area contributed by atoms with E-state index < -0.39 is 0 Å². The van der Waals surface area contributed by atoms with Crippen LogP contribution in [0.1, 0.15) is 21.7 Å². The van der Waals surface area contributed by atoms with Crippen LogP contribution in [-0.4, -0.2) is 26.2 Å². The van der Waals surface area contributed by atoms with Gasteiger partial charge in [0.25, 0.3) is 5.91 Å². The zero-order valence-electron chi connectivity index (χ0n) is 13.1. The number of amides is 1. The predicted octanol–water partition coefficient (Wildman–Crippen LogP) is 2.75. The minimum absolute atomic E-state index is 0. The van der Waals surface area contributed by atoms with Crippen LogP contribution in [-0.2, 0) is 11.3 Å². The molecule has 0 saturated heterocycles. The summed E-state index contributed by atoms with van der Waals surface area (Å²) in [6.45, 7) is 3.09. The van der Waals surface area contributed by atoms with Crippen molar-refractivity contribution in [2.24, 2.45) is 5.73 Å². The van der Waals surface area contributed by atoms with Crippen LogP contribution in [0.15, 0.2) is 34.9 Å². The Morgan fingerprint density at radius 3 is 2.74 bits per heavy atom. The average Bonchev–Trinajstić information content (AvgIpc) is 2.99. The second-order valence-electron chi connectivity index (χ2n) is 4.80. The number of nitrogens with one attached hydrogen (secondary N) is 1. The van der Waals surface area contributed by atoms with Gasteiger partial charge in [0.05, 0.1) is 24.4 Å². The summed E-state index contributed by atoms with van der Waals surface area (Å²) in [6, 6.07) is 7.19. The summed E-state index contributed by atoms with van der Waals surface area (Å²) in [7, 11) is 1.61. The zero-order chi connectivity index (χ0) is 15.9. The Morgan fingerprint density at radius 2 is 2.09 bits per heavy atom. The molecule has 126 valence electrons. The van der Waals surface area contributed by atoms with Gasteiger partial charge in [-0.2, -0.15) is 0 Å². The number of hydrogen-bond donors (Lipinski definition) is 2. The lowest BCUT2D eigenvalue weighted by Crippen LogP contribution is -2.13. The maximum Gasteiger partial charge on any atom is 0.259 e. The van der Waals surface area contributed by atoms with Crippen molar-refractivity contribution in [3.8, 4) is 5.75 Å². The number of anilines is 1. The molecule has 0 spiro atoms. The van der Waals surface area contributed by atoms with E-state index in [2.05, 4.69) is 5.32 Å². The summed E-state index contributed by atoms with van der Waals surface area (Å²) in [6.07, 6.45) is 1.39.